The zero-order valence-corrected chi connectivity index (χ0v) is 11.9. The molecule has 0 spiro atoms. The van der Waals surface area contributed by atoms with Gasteiger partial charge in [-0.3, -0.25) is 9.59 Å². The maximum absolute atomic E-state index is 12.4. The molecule has 1 aromatic carbocycles. The highest BCUT2D eigenvalue weighted by Crippen LogP contribution is 2.17. The number of rotatable bonds is 2. The topological polar surface area (TPSA) is 59.8 Å². The standard InChI is InChI=1S/C16H17NO4/c1-20-11-6-8-17(9-7-11)16(19)15-10-13(18)12-4-2-3-5-14(12)21-15/h2-5,10-11H,6-9H2,1H3. The summed E-state index contributed by atoms with van der Waals surface area (Å²) >= 11 is 0. The van der Waals surface area contributed by atoms with Crippen molar-refractivity contribution < 1.29 is 13.9 Å². The Morgan fingerprint density at radius 2 is 2.00 bits per heavy atom. The van der Waals surface area contributed by atoms with Crippen molar-refractivity contribution in [1.29, 1.82) is 0 Å². The molecule has 21 heavy (non-hydrogen) atoms. The number of amides is 1. The van der Waals surface area contributed by atoms with E-state index < -0.39 is 0 Å². The highest BCUT2D eigenvalue weighted by molar-refractivity contribution is 5.93. The van der Waals surface area contributed by atoms with Crippen molar-refractivity contribution in [2.24, 2.45) is 0 Å². The van der Waals surface area contributed by atoms with Crippen molar-refractivity contribution >= 4 is 16.9 Å². The van der Waals surface area contributed by atoms with E-state index in [4.69, 9.17) is 9.15 Å². The van der Waals surface area contributed by atoms with Crippen LogP contribution in [0.2, 0.25) is 0 Å². The van der Waals surface area contributed by atoms with E-state index in [-0.39, 0.29) is 23.2 Å². The molecule has 1 aromatic heterocycles. The molecule has 3 rings (SSSR count). The first-order chi connectivity index (χ1) is 10.2. The van der Waals surface area contributed by atoms with Crippen LogP contribution in [0.5, 0.6) is 0 Å². The summed E-state index contributed by atoms with van der Waals surface area (Å²) in [5.74, 6) is -0.123. The van der Waals surface area contributed by atoms with Gasteiger partial charge in [0.05, 0.1) is 11.5 Å². The van der Waals surface area contributed by atoms with Gasteiger partial charge in [0.1, 0.15) is 5.58 Å². The summed E-state index contributed by atoms with van der Waals surface area (Å²) in [7, 11) is 1.69. The lowest BCUT2D eigenvalue weighted by Crippen LogP contribution is -2.40. The number of methoxy groups -OCH3 is 1. The summed E-state index contributed by atoms with van der Waals surface area (Å²) in [5, 5.41) is 0.493. The van der Waals surface area contributed by atoms with Crippen LogP contribution in [-0.2, 0) is 4.74 Å². The zero-order valence-electron chi connectivity index (χ0n) is 11.9. The molecular formula is C16H17NO4. The number of hydrogen-bond donors (Lipinski definition) is 0. The zero-order chi connectivity index (χ0) is 14.8. The molecule has 1 amide bonds. The van der Waals surface area contributed by atoms with E-state index in [1.165, 1.54) is 6.07 Å². The van der Waals surface area contributed by atoms with Gasteiger partial charge in [0.25, 0.3) is 5.91 Å². The van der Waals surface area contributed by atoms with Gasteiger partial charge in [-0.05, 0) is 25.0 Å². The number of fused-ring (bicyclic) bond motifs is 1. The van der Waals surface area contributed by atoms with E-state index in [0.717, 1.165) is 12.8 Å². The van der Waals surface area contributed by atoms with E-state index in [9.17, 15) is 9.59 Å². The van der Waals surface area contributed by atoms with Gasteiger partial charge in [0, 0.05) is 26.3 Å². The molecule has 5 heteroatoms. The highest BCUT2D eigenvalue weighted by atomic mass is 16.5. The number of nitrogens with zero attached hydrogens (tertiary/aromatic N) is 1. The Kier molecular flexibility index (Phi) is 3.75. The molecule has 1 aliphatic heterocycles. The van der Waals surface area contributed by atoms with Gasteiger partial charge >= 0.3 is 0 Å². The highest BCUT2D eigenvalue weighted by Gasteiger charge is 2.25. The average Bonchev–Trinajstić information content (AvgIpc) is 2.54. The molecule has 0 radical (unpaired) electrons. The average molecular weight is 287 g/mol. The van der Waals surface area contributed by atoms with E-state index in [1.807, 2.05) is 0 Å². The fraction of sp³-hybridized carbons (Fsp3) is 0.375. The van der Waals surface area contributed by atoms with E-state index in [2.05, 4.69) is 0 Å². The second-order valence-electron chi connectivity index (χ2n) is 5.20. The van der Waals surface area contributed by atoms with Crippen LogP contribution in [0.15, 0.2) is 39.5 Å². The van der Waals surface area contributed by atoms with Crippen LogP contribution in [-0.4, -0.2) is 37.1 Å². The molecule has 0 unspecified atom stereocenters. The number of carbonyl (C=O) groups excluding carboxylic acids is 1. The molecule has 0 atom stereocenters. The summed E-state index contributed by atoms with van der Waals surface area (Å²) in [6.07, 6.45) is 1.82. The second kappa shape index (κ2) is 5.69. The van der Waals surface area contributed by atoms with Gasteiger partial charge in [-0.1, -0.05) is 12.1 Å². The number of hydrogen-bond acceptors (Lipinski definition) is 4. The molecular weight excluding hydrogens is 270 g/mol. The largest absolute Gasteiger partial charge is 0.451 e. The Bertz CT molecular complexity index is 714. The van der Waals surface area contributed by atoms with Crippen LogP contribution in [0.25, 0.3) is 11.0 Å². The van der Waals surface area contributed by atoms with Gasteiger partial charge in [0.2, 0.25) is 0 Å². The van der Waals surface area contributed by atoms with Crippen LogP contribution in [0.3, 0.4) is 0 Å². The van der Waals surface area contributed by atoms with Crippen LogP contribution < -0.4 is 5.43 Å². The van der Waals surface area contributed by atoms with Crippen LogP contribution in [0.4, 0.5) is 0 Å². The summed E-state index contributed by atoms with van der Waals surface area (Å²) in [5.41, 5.74) is 0.257. The molecule has 0 saturated carbocycles. The number of benzene rings is 1. The predicted molar refractivity (Wildman–Crippen MR) is 78.4 cm³/mol. The Morgan fingerprint density at radius 1 is 1.29 bits per heavy atom. The molecule has 0 aliphatic carbocycles. The van der Waals surface area contributed by atoms with Crippen molar-refractivity contribution in [3.8, 4) is 0 Å². The molecule has 2 heterocycles. The van der Waals surface area contributed by atoms with Crippen molar-refractivity contribution in [3.63, 3.8) is 0 Å². The Balaban J connectivity index is 1.87. The minimum atomic E-state index is -0.229. The molecule has 1 saturated heterocycles. The predicted octanol–water partition coefficient (Wildman–Crippen LogP) is 2.04. The summed E-state index contributed by atoms with van der Waals surface area (Å²) < 4.78 is 10.9. The van der Waals surface area contributed by atoms with Gasteiger partial charge in [-0.25, -0.2) is 0 Å². The molecule has 0 bridgehead atoms. The smallest absolute Gasteiger partial charge is 0.289 e. The lowest BCUT2D eigenvalue weighted by Gasteiger charge is -2.30. The molecule has 2 aromatic rings. The van der Waals surface area contributed by atoms with Crippen molar-refractivity contribution in [2.45, 2.75) is 18.9 Å². The fourth-order valence-corrected chi connectivity index (χ4v) is 2.66. The number of ether oxygens (including phenoxy) is 1. The number of piperidine rings is 1. The van der Waals surface area contributed by atoms with Crippen LogP contribution in [0, 0.1) is 0 Å². The number of likely N-dealkylation sites (tertiary alicyclic amines) is 1. The Labute approximate surface area is 122 Å². The summed E-state index contributed by atoms with van der Waals surface area (Å²) in [4.78, 5) is 26.2. The molecule has 0 N–H and O–H groups in total. The monoisotopic (exact) mass is 287 g/mol. The van der Waals surface area contributed by atoms with Gasteiger partial charge in [0.15, 0.2) is 11.2 Å². The SMILES string of the molecule is COC1CCN(C(=O)c2cc(=O)c3ccccc3o2)CC1. The number of para-hydroxylation sites is 1. The Hall–Kier alpha value is -2.14. The quantitative estimate of drug-likeness (QED) is 0.848. The van der Waals surface area contributed by atoms with Gasteiger partial charge < -0.3 is 14.1 Å². The molecule has 5 nitrogen and oxygen atoms in total. The van der Waals surface area contributed by atoms with E-state index in [0.29, 0.717) is 24.1 Å². The maximum Gasteiger partial charge on any atom is 0.289 e. The van der Waals surface area contributed by atoms with Crippen LogP contribution >= 0.6 is 0 Å². The lowest BCUT2D eigenvalue weighted by atomic mass is 10.1. The first-order valence-corrected chi connectivity index (χ1v) is 7.04. The third-order valence-electron chi connectivity index (χ3n) is 3.91. The van der Waals surface area contributed by atoms with Crippen molar-refractivity contribution in [1.82, 2.24) is 4.90 Å². The van der Waals surface area contributed by atoms with Crippen molar-refractivity contribution in [3.05, 3.63) is 46.3 Å². The number of carbonyl (C=O) groups is 1. The van der Waals surface area contributed by atoms with Gasteiger partial charge in [-0.15, -0.1) is 0 Å². The second-order valence-corrected chi connectivity index (χ2v) is 5.20. The normalized spacial score (nSPS) is 16.3. The Morgan fingerprint density at radius 3 is 2.71 bits per heavy atom. The summed E-state index contributed by atoms with van der Waals surface area (Å²) in [6, 6.07) is 8.23. The van der Waals surface area contributed by atoms with Crippen molar-refractivity contribution in [2.75, 3.05) is 20.2 Å². The fourth-order valence-electron chi connectivity index (χ4n) is 2.66. The molecule has 110 valence electrons. The first-order valence-electron chi connectivity index (χ1n) is 7.04. The molecule has 1 fully saturated rings. The van der Waals surface area contributed by atoms with E-state index >= 15 is 0 Å². The maximum atomic E-state index is 12.4. The van der Waals surface area contributed by atoms with E-state index in [1.54, 1.807) is 36.3 Å². The lowest BCUT2D eigenvalue weighted by molar-refractivity contribution is 0.0334. The molecule has 1 aliphatic rings. The van der Waals surface area contributed by atoms with Crippen LogP contribution in [0.1, 0.15) is 23.4 Å². The summed E-state index contributed by atoms with van der Waals surface area (Å²) in [6.45, 7) is 1.24. The minimum Gasteiger partial charge on any atom is -0.451 e. The van der Waals surface area contributed by atoms with Gasteiger partial charge in [-0.2, -0.15) is 0 Å². The third-order valence-corrected chi connectivity index (χ3v) is 3.91. The minimum absolute atomic E-state index is 0.106. The first kappa shape index (κ1) is 13.8. The third kappa shape index (κ3) is 2.69.